The van der Waals surface area contributed by atoms with Gasteiger partial charge in [0.25, 0.3) is 0 Å². The van der Waals surface area contributed by atoms with Crippen molar-refractivity contribution in [1.29, 1.82) is 0 Å². The number of aromatic nitrogens is 2. The summed E-state index contributed by atoms with van der Waals surface area (Å²) in [6.45, 7) is 2.08. The first-order valence-corrected chi connectivity index (χ1v) is 13.4. The van der Waals surface area contributed by atoms with Crippen molar-refractivity contribution in [2.24, 2.45) is 0 Å². The van der Waals surface area contributed by atoms with Crippen molar-refractivity contribution in [3.8, 4) is 5.75 Å². The highest BCUT2D eigenvalue weighted by Gasteiger charge is 2.22. The van der Waals surface area contributed by atoms with Crippen molar-refractivity contribution in [2.45, 2.75) is 6.42 Å². The maximum Gasteiger partial charge on any atom is 0.238 e. The molecule has 2 heterocycles. The number of halogens is 1. The predicted molar refractivity (Wildman–Crippen MR) is 149 cm³/mol. The van der Waals surface area contributed by atoms with E-state index in [0.29, 0.717) is 33.2 Å². The van der Waals surface area contributed by atoms with Crippen LogP contribution in [0.2, 0.25) is 5.02 Å². The number of hydrogen-bond donors (Lipinski definition) is 3. The lowest BCUT2D eigenvalue weighted by Gasteiger charge is -2.29. The summed E-state index contributed by atoms with van der Waals surface area (Å²) in [4.78, 5) is 23.8. The molecule has 0 bridgehead atoms. The minimum atomic E-state index is -3.21. The molecule has 0 spiro atoms. The van der Waals surface area contributed by atoms with E-state index >= 15 is 0 Å². The van der Waals surface area contributed by atoms with E-state index in [9.17, 15) is 13.2 Å². The lowest BCUT2D eigenvalue weighted by atomic mass is 10.2. The number of carbonyl (C=O) groups is 1. The van der Waals surface area contributed by atoms with E-state index < -0.39 is 10.9 Å². The molecule has 0 saturated carbocycles. The van der Waals surface area contributed by atoms with Gasteiger partial charge in [0, 0.05) is 11.8 Å². The second-order valence-corrected chi connectivity index (χ2v) is 9.92. The Morgan fingerprint density at radius 1 is 1.05 bits per heavy atom. The standard InChI is InChI=1S/C26H25ClN6O4S/c1-37-19-10-11-20(27)23(15-19)30-25-26(31-22-9-3-2-8-21(22)29-25)33(38(35)36)18-7-4-6-17(14-18)28-24(34)16-32-12-5-13-32/h2-4,6-11,14-15,38H,5,12-13,16H2,1H3,(H,28,34)(H,29,30). The maximum absolute atomic E-state index is 12.7. The fourth-order valence-corrected chi connectivity index (χ4v) is 4.80. The molecule has 0 unspecified atom stereocenters. The van der Waals surface area contributed by atoms with E-state index in [1.54, 1.807) is 60.7 Å². The summed E-state index contributed by atoms with van der Waals surface area (Å²) in [6, 6.07) is 18.8. The number of fused-ring (bicyclic) bond motifs is 1. The normalized spacial score (nSPS) is 13.2. The number of rotatable bonds is 9. The highest BCUT2D eigenvalue weighted by atomic mass is 35.5. The molecular weight excluding hydrogens is 528 g/mol. The van der Waals surface area contributed by atoms with Crippen molar-refractivity contribution in [3.05, 3.63) is 71.8 Å². The van der Waals surface area contributed by atoms with E-state index in [1.807, 2.05) is 11.0 Å². The number of likely N-dealkylation sites (tertiary alicyclic amines) is 1. The Morgan fingerprint density at radius 2 is 1.82 bits per heavy atom. The van der Waals surface area contributed by atoms with Crippen LogP contribution in [0, 0.1) is 0 Å². The monoisotopic (exact) mass is 552 g/mol. The molecule has 0 radical (unpaired) electrons. The molecular formula is C26H25ClN6O4S. The molecule has 3 aromatic carbocycles. The third-order valence-electron chi connectivity index (χ3n) is 6.03. The van der Waals surface area contributed by atoms with Gasteiger partial charge >= 0.3 is 0 Å². The molecule has 12 heteroatoms. The molecule has 0 atom stereocenters. The first-order chi connectivity index (χ1) is 18.4. The Bertz CT molecular complexity index is 1570. The van der Waals surface area contributed by atoms with Crippen molar-refractivity contribution in [2.75, 3.05) is 41.7 Å². The van der Waals surface area contributed by atoms with Gasteiger partial charge in [-0.2, -0.15) is 0 Å². The fourth-order valence-electron chi connectivity index (χ4n) is 4.03. The average Bonchev–Trinajstić information content (AvgIpc) is 2.88. The summed E-state index contributed by atoms with van der Waals surface area (Å²) >= 11 is 6.41. The zero-order valence-corrected chi connectivity index (χ0v) is 22.1. The Kier molecular flexibility index (Phi) is 7.59. The van der Waals surface area contributed by atoms with Gasteiger partial charge in [0.05, 0.1) is 41.1 Å². The molecule has 1 fully saturated rings. The van der Waals surface area contributed by atoms with E-state index in [1.165, 1.54) is 7.11 Å². The summed E-state index contributed by atoms with van der Waals surface area (Å²) in [7, 11) is -1.67. The summed E-state index contributed by atoms with van der Waals surface area (Å²) in [6.07, 6.45) is 1.08. The second-order valence-electron chi connectivity index (χ2n) is 8.63. The summed E-state index contributed by atoms with van der Waals surface area (Å²) in [5.74, 6) is 0.606. The first-order valence-electron chi connectivity index (χ1n) is 11.9. The molecule has 196 valence electrons. The van der Waals surface area contributed by atoms with Crippen molar-refractivity contribution < 1.29 is 17.9 Å². The molecule has 38 heavy (non-hydrogen) atoms. The minimum Gasteiger partial charge on any atom is -0.497 e. The molecule has 1 aliphatic heterocycles. The van der Waals surface area contributed by atoms with Crippen molar-refractivity contribution in [1.82, 2.24) is 14.9 Å². The van der Waals surface area contributed by atoms with Crippen LogP contribution in [0.25, 0.3) is 11.0 Å². The number of hydrogen-bond acceptors (Lipinski definition) is 8. The molecule has 1 aliphatic rings. The lowest BCUT2D eigenvalue weighted by Crippen LogP contribution is -2.42. The molecule has 1 saturated heterocycles. The number of nitrogens with one attached hydrogen (secondary N) is 2. The van der Waals surface area contributed by atoms with Gasteiger partial charge in [-0.05, 0) is 62.0 Å². The molecule has 2 N–H and O–H groups in total. The van der Waals surface area contributed by atoms with Crippen molar-refractivity contribution in [3.63, 3.8) is 0 Å². The van der Waals surface area contributed by atoms with Gasteiger partial charge in [-0.3, -0.25) is 9.69 Å². The topological polar surface area (TPSA) is 117 Å². The summed E-state index contributed by atoms with van der Waals surface area (Å²) in [5, 5.41) is 6.35. The lowest BCUT2D eigenvalue weighted by molar-refractivity contribution is -0.118. The number of benzene rings is 3. The van der Waals surface area contributed by atoms with Crippen molar-refractivity contribution >= 4 is 68.1 Å². The number of nitrogens with zero attached hydrogens (tertiary/aromatic N) is 4. The van der Waals surface area contributed by atoms with Crippen LogP contribution >= 0.6 is 11.6 Å². The van der Waals surface area contributed by atoms with Gasteiger partial charge in [0.2, 0.25) is 16.8 Å². The SMILES string of the molecule is COc1ccc(Cl)c(Nc2nc3ccccc3nc2N(c2cccc(NC(=O)CN3CCC3)c2)[SH](=O)=O)c1. The van der Waals surface area contributed by atoms with Gasteiger partial charge in [-0.25, -0.2) is 22.7 Å². The number of amides is 1. The number of thiol groups is 1. The van der Waals surface area contributed by atoms with Crippen LogP contribution in [0.1, 0.15) is 6.42 Å². The first kappa shape index (κ1) is 25.7. The minimum absolute atomic E-state index is 0.0442. The number of anilines is 5. The Balaban J connectivity index is 1.55. The van der Waals surface area contributed by atoms with Crippen LogP contribution in [-0.2, 0) is 15.7 Å². The molecule has 1 aromatic heterocycles. The van der Waals surface area contributed by atoms with Crippen LogP contribution < -0.4 is 19.7 Å². The van der Waals surface area contributed by atoms with Crippen LogP contribution in [0.5, 0.6) is 5.75 Å². The zero-order chi connectivity index (χ0) is 26.6. The Morgan fingerprint density at radius 3 is 2.50 bits per heavy atom. The predicted octanol–water partition coefficient (Wildman–Crippen LogP) is 4.34. The summed E-state index contributed by atoms with van der Waals surface area (Å²) < 4.78 is 31.7. The average molecular weight is 553 g/mol. The highest BCUT2D eigenvalue weighted by Crippen LogP contribution is 2.36. The fraction of sp³-hybridized carbons (Fsp3) is 0.192. The van der Waals surface area contributed by atoms with Gasteiger partial charge in [-0.15, -0.1) is 0 Å². The van der Waals surface area contributed by atoms with E-state index in [2.05, 4.69) is 20.6 Å². The van der Waals surface area contributed by atoms with Gasteiger partial charge < -0.3 is 15.4 Å². The quantitative estimate of drug-likeness (QED) is 0.262. The van der Waals surface area contributed by atoms with Gasteiger partial charge in [0.15, 0.2) is 11.6 Å². The van der Waals surface area contributed by atoms with E-state index in [0.717, 1.165) is 23.8 Å². The smallest absolute Gasteiger partial charge is 0.238 e. The number of carbonyl (C=O) groups excluding carboxylic acids is 1. The van der Waals surface area contributed by atoms with Crippen LogP contribution in [0.3, 0.4) is 0 Å². The van der Waals surface area contributed by atoms with Crippen LogP contribution in [-0.4, -0.2) is 55.9 Å². The van der Waals surface area contributed by atoms with E-state index in [-0.39, 0.29) is 29.8 Å². The van der Waals surface area contributed by atoms with E-state index in [4.69, 9.17) is 16.3 Å². The highest BCUT2D eigenvalue weighted by molar-refractivity contribution is 7.74. The number of ether oxygens (including phenoxy) is 1. The summed E-state index contributed by atoms with van der Waals surface area (Å²) in [5.41, 5.74) is 2.28. The van der Waals surface area contributed by atoms with Gasteiger partial charge in [0.1, 0.15) is 5.75 Å². The maximum atomic E-state index is 12.7. The number of para-hydroxylation sites is 2. The Hall–Kier alpha value is -3.93. The molecule has 4 aromatic rings. The third kappa shape index (κ3) is 5.64. The molecule has 5 rings (SSSR count). The van der Waals surface area contributed by atoms with Crippen LogP contribution in [0.4, 0.5) is 28.7 Å². The largest absolute Gasteiger partial charge is 0.497 e. The zero-order valence-electron chi connectivity index (χ0n) is 20.4. The van der Waals surface area contributed by atoms with Crippen LogP contribution in [0.15, 0.2) is 66.7 Å². The molecule has 0 aliphatic carbocycles. The van der Waals surface area contributed by atoms with Gasteiger partial charge in [-0.1, -0.05) is 29.8 Å². The third-order valence-corrected chi connectivity index (χ3v) is 7.11. The molecule has 10 nitrogen and oxygen atoms in total. The number of methoxy groups -OCH3 is 1. The Labute approximate surface area is 226 Å². The second kappa shape index (κ2) is 11.2. The molecule has 1 amide bonds.